The molecule has 0 heterocycles. The third-order valence-electron chi connectivity index (χ3n) is 3.34. The van der Waals surface area contributed by atoms with E-state index in [0.29, 0.717) is 17.5 Å². The van der Waals surface area contributed by atoms with Gasteiger partial charge in [-0.15, -0.1) is 0 Å². The fourth-order valence-corrected chi connectivity index (χ4v) is 3.21. The lowest BCUT2D eigenvalue weighted by molar-refractivity contribution is 0.468. The molecule has 1 fully saturated rings. The summed E-state index contributed by atoms with van der Waals surface area (Å²) in [6.07, 6.45) is 3.33. The molecule has 0 aliphatic heterocycles. The lowest BCUT2D eigenvalue weighted by Crippen LogP contribution is -2.27. The van der Waals surface area contributed by atoms with Gasteiger partial charge < -0.3 is 5.32 Å². The number of sulfonamides is 1. The van der Waals surface area contributed by atoms with Crippen LogP contribution in [0.4, 0.5) is 0 Å². The van der Waals surface area contributed by atoms with Gasteiger partial charge in [0, 0.05) is 26.2 Å². The molecule has 19 heavy (non-hydrogen) atoms. The Kier molecular flexibility index (Phi) is 4.60. The van der Waals surface area contributed by atoms with E-state index >= 15 is 0 Å². The molecule has 1 aliphatic carbocycles. The highest BCUT2D eigenvalue weighted by molar-refractivity contribution is 7.89. The summed E-state index contributed by atoms with van der Waals surface area (Å²) >= 11 is 0. The van der Waals surface area contributed by atoms with Crippen molar-refractivity contribution in [3.05, 3.63) is 29.8 Å². The molecule has 0 saturated heterocycles. The van der Waals surface area contributed by atoms with E-state index < -0.39 is 10.0 Å². The minimum atomic E-state index is -3.32. The maximum absolute atomic E-state index is 12.2. The van der Waals surface area contributed by atoms with Gasteiger partial charge in [-0.05, 0) is 37.0 Å². The van der Waals surface area contributed by atoms with Crippen LogP contribution in [0.15, 0.2) is 29.2 Å². The fourth-order valence-electron chi connectivity index (χ4n) is 1.94. The predicted octanol–water partition coefficient (Wildman–Crippen LogP) is 1.97. The standard InChI is InChI=1S/C14H22N2O2S/c1-3-10-16(2)19(17,18)14-8-4-12(5-9-14)11-15-13-6-7-13/h4-5,8-9,13,15H,3,6-7,10-11H2,1-2H3. The van der Waals surface area contributed by atoms with Crippen molar-refractivity contribution in [3.8, 4) is 0 Å². The molecule has 5 heteroatoms. The number of nitrogens with one attached hydrogen (secondary N) is 1. The number of hydrogen-bond acceptors (Lipinski definition) is 3. The Morgan fingerprint density at radius 2 is 1.89 bits per heavy atom. The van der Waals surface area contributed by atoms with Crippen molar-refractivity contribution in [1.29, 1.82) is 0 Å². The van der Waals surface area contributed by atoms with Crippen LogP contribution in [0.1, 0.15) is 31.7 Å². The zero-order valence-electron chi connectivity index (χ0n) is 11.6. The van der Waals surface area contributed by atoms with E-state index in [-0.39, 0.29) is 0 Å². The van der Waals surface area contributed by atoms with Crippen LogP contribution in [0.25, 0.3) is 0 Å². The van der Waals surface area contributed by atoms with Gasteiger partial charge in [-0.3, -0.25) is 0 Å². The molecule has 1 N–H and O–H groups in total. The van der Waals surface area contributed by atoms with Crippen molar-refractivity contribution in [2.24, 2.45) is 0 Å². The molecule has 106 valence electrons. The zero-order chi connectivity index (χ0) is 13.9. The Morgan fingerprint density at radius 1 is 1.26 bits per heavy atom. The van der Waals surface area contributed by atoms with Crippen LogP contribution in [0, 0.1) is 0 Å². The first kappa shape index (κ1) is 14.5. The number of benzene rings is 1. The predicted molar refractivity (Wildman–Crippen MR) is 76.4 cm³/mol. The average molecular weight is 282 g/mol. The Bertz CT molecular complexity index is 507. The maximum Gasteiger partial charge on any atom is 0.242 e. The minimum absolute atomic E-state index is 0.374. The number of rotatable bonds is 7. The molecule has 0 atom stereocenters. The van der Waals surface area contributed by atoms with Crippen LogP contribution in [-0.2, 0) is 16.6 Å². The van der Waals surface area contributed by atoms with Gasteiger partial charge in [-0.1, -0.05) is 19.1 Å². The van der Waals surface area contributed by atoms with Crippen molar-refractivity contribution in [1.82, 2.24) is 9.62 Å². The Morgan fingerprint density at radius 3 is 2.42 bits per heavy atom. The van der Waals surface area contributed by atoms with Gasteiger partial charge in [0.15, 0.2) is 0 Å². The Labute approximate surface area is 115 Å². The van der Waals surface area contributed by atoms with Crippen LogP contribution in [0.3, 0.4) is 0 Å². The Hall–Kier alpha value is -0.910. The van der Waals surface area contributed by atoms with E-state index in [2.05, 4.69) is 5.32 Å². The molecule has 1 aromatic rings. The lowest BCUT2D eigenvalue weighted by atomic mass is 10.2. The molecule has 1 saturated carbocycles. The monoisotopic (exact) mass is 282 g/mol. The lowest BCUT2D eigenvalue weighted by Gasteiger charge is -2.16. The largest absolute Gasteiger partial charge is 0.310 e. The molecule has 1 aliphatic rings. The first-order valence-corrected chi connectivity index (χ1v) is 8.26. The normalized spacial score (nSPS) is 15.9. The first-order valence-electron chi connectivity index (χ1n) is 6.82. The molecular formula is C14H22N2O2S. The van der Waals surface area contributed by atoms with E-state index in [4.69, 9.17) is 0 Å². The minimum Gasteiger partial charge on any atom is -0.310 e. The van der Waals surface area contributed by atoms with E-state index in [9.17, 15) is 8.42 Å². The molecule has 0 unspecified atom stereocenters. The smallest absolute Gasteiger partial charge is 0.242 e. The van der Waals surface area contributed by atoms with E-state index in [0.717, 1.165) is 18.5 Å². The third-order valence-corrected chi connectivity index (χ3v) is 5.21. The summed E-state index contributed by atoms with van der Waals surface area (Å²) in [6, 6.07) is 7.85. The van der Waals surface area contributed by atoms with E-state index in [1.165, 1.54) is 17.1 Å². The van der Waals surface area contributed by atoms with Crippen LogP contribution < -0.4 is 5.32 Å². The van der Waals surface area contributed by atoms with Crippen molar-refractivity contribution in [2.45, 2.75) is 43.7 Å². The summed E-state index contributed by atoms with van der Waals surface area (Å²) in [4.78, 5) is 0.374. The third kappa shape index (κ3) is 3.78. The molecule has 0 aromatic heterocycles. The van der Waals surface area contributed by atoms with Gasteiger partial charge in [-0.25, -0.2) is 12.7 Å². The average Bonchev–Trinajstić information content (AvgIpc) is 3.21. The van der Waals surface area contributed by atoms with Crippen LogP contribution in [-0.4, -0.2) is 32.4 Å². The first-order chi connectivity index (χ1) is 9.04. The second-order valence-electron chi connectivity index (χ2n) is 5.13. The summed E-state index contributed by atoms with van der Waals surface area (Å²) in [6.45, 7) is 3.34. The number of nitrogens with zero attached hydrogens (tertiary/aromatic N) is 1. The molecule has 1 aromatic carbocycles. The molecular weight excluding hydrogens is 260 g/mol. The second kappa shape index (κ2) is 6.03. The maximum atomic E-state index is 12.2. The van der Waals surface area contributed by atoms with Gasteiger partial charge in [0.25, 0.3) is 0 Å². The van der Waals surface area contributed by atoms with Gasteiger partial charge in [0.05, 0.1) is 4.90 Å². The van der Waals surface area contributed by atoms with Gasteiger partial charge in [-0.2, -0.15) is 0 Å². The molecule has 4 nitrogen and oxygen atoms in total. The summed E-state index contributed by atoms with van der Waals surface area (Å²) < 4.78 is 25.8. The molecule has 0 bridgehead atoms. The van der Waals surface area contributed by atoms with Crippen LogP contribution >= 0.6 is 0 Å². The topological polar surface area (TPSA) is 49.4 Å². The molecule has 0 amide bonds. The van der Waals surface area contributed by atoms with Crippen molar-refractivity contribution in [2.75, 3.05) is 13.6 Å². The van der Waals surface area contributed by atoms with E-state index in [1.54, 1.807) is 19.2 Å². The number of hydrogen-bond donors (Lipinski definition) is 1. The van der Waals surface area contributed by atoms with Crippen molar-refractivity contribution < 1.29 is 8.42 Å². The highest BCUT2D eigenvalue weighted by Gasteiger charge is 2.21. The summed E-state index contributed by atoms with van der Waals surface area (Å²) in [5.41, 5.74) is 1.13. The van der Waals surface area contributed by atoms with Gasteiger partial charge in [0.2, 0.25) is 10.0 Å². The highest BCUT2D eigenvalue weighted by Crippen LogP contribution is 2.20. The SMILES string of the molecule is CCCN(C)S(=O)(=O)c1ccc(CNC2CC2)cc1. The van der Waals surface area contributed by atoms with Gasteiger partial charge in [0.1, 0.15) is 0 Å². The molecule has 0 spiro atoms. The highest BCUT2D eigenvalue weighted by atomic mass is 32.2. The zero-order valence-corrected chi connectivity index (χ0v) is 12.4. The van der Waals surface area contributed by atoms with E-state index in [1.807, 2.05) is 19.1 Å². The molecule has 2 rings (SSSR count). The fraction of sp³-hybridized carbons (Fsp3) is 0.571. The summed E-state index contributed by atoms with van der Waals surface area (Å²) in [7, 11) is -1.70. The van der Waals surface area contributed by atoms with Crippen molar-refractivity contribution >= 4 is 10.0 Å². The molecule has 0 radical (unpaired) electrons. The van der Waals surface area contributed by atoms with Gasteiger partial charge >= 0.3 is 0 Å². The van der Waals surface area contributed by atoms with Crippen LogP contribution in [0.2, 0.25) is 0 Å². The van der Waals surface area contributed by atoms with Crippen LogP contribution in [0.5, 0.6) is 0 Å². The second-order valence-corrected chi connectivity index (χ2v) is 7.17. The van der Waals surface area contributed by atoms with Crippen molar-refractivity contribution in [3.63, 3.8) is 0 Å². The summed E-state index contributed by atoms with van der Waals surface area (Å²) in [5.74, 6) is 0. The summed E-state index contributed by atoms with van der Waals surface area (Å²) in [5, 5.41) is 3.41. The Balaban J connectivity index is 2.03. The quantitative estimate of drug-likeness (QED) is 0.832.